The SMILES string of the molecule is Cc1ccc(Br)cc1S(=O)(=O)Oc1ccccc1. The largest absolute Gasteiger partial charge is 0.379 e. The molecule has 94 valence electrons. The number of halogens is 1. The van der Waals surface area contributed by atoms with Crippen molar-refractivity contribution < 1.29 is 12.6 Å². The van der Waals surface area contributed by atoms with Crippen LogP contribution in [-0.2, 0) is 10.1 Å². The molecule has 18 heavy (non-hydrogen) atoms. The van der Waals surface area contributed by atoms with Crippen LogP contribution in [0.5, 0.6) is 5.75 Å². The van der Waals surface area contributed by atoms with Crippen molar-refractivity contribution in [2.24, 2.45) is 0 Å². The van der Waals surface area contributed by atoms with Crippen LogP contribution in [0, 0.1) is 6.92 Å². The van der Waals surface area contributed by atoms with Crippen LogP contribution in [0.15, 0.2) is 57.9 Å². The van der Waals surface area contributed by atoms with E-state index in [2.05, 4.69) is 15.9 Å². The molecular weight excluding hydrogens is 316 g/mol. The summed E-state index contributed by atoms with van der Waals surface area (Å²) in [6, 6.07) is 13.5. The molecular formula is C13H11BrO3S. The molecule has 0 fully saturated rings. The molecule has 0 aliphatic carbocycles. The van der Waals surface area contributed by atoms with Gasteiger partial charge < -0.3 is 4.18 Å². The molecule has 0 unspecified atom stereocenters. The molecule has 0 aliphatic heterocycles. The Labute approximate surface area is 115 Å². The second-order valence-electron chi connectivity index (χ2n) is 3.76. The first-order chi connectivity index (χ1) is 8.49. The topological polar surface area (TPSA) is 43.4 Å². The van der Waals surface area contributed by atoms with Crippen molar-refractivity contribution in [1.29, 1.82) is 0 Å². The third-order valence-electron chi connectivity index (χ3n) is 2.37. The van der Waals surface area contributed by atoms with E-state index in [0.29, 0.717) is 15.8 Å². The molecule has 0 amide bonds. The lowest BCUT2D eigenvalue weighted by Gasteiger charge is -2.09. The van der Waals surface area contributed by atoms with Gasteiger partial charge in [0.05, 0.1) is 0 Å². The lowest BCUT2D eigenvalue weighted by molar-refractivity contribution is 0.485. The highest BCUT2D eigenvalue weighted by Crippen LogP contribution is 2.24. The molecule has 0 spiro atoms. The zero-order valence-electron chi connectivity index (χ0n) is 9.63. The van der Waals surface area contributed by atoms with Crippen LogP contribution in [0.25, 0.3) is 0 Å². The van der Waals surface area contributed by atoms with Gasteiger partial charge in [-0.25, -0.2) is 0 Å². The summed E-state index contributed by atoms with van der Waals surface area (Å²) in [7, 11) is -3.80. The fourth-order valence-corrected chi connectivity index (χ4v) is 3.19. The molecule has 0 saturated heterocycles. The molecule has 0 saturated carbocycles. The smallest absolute Gasteiger partial charge is 0.339 e. The van der Waals surface area contributed by atoms with Crippen LogP contribution in [0.1, 0.15) is 5.56 Å². The lowest BCUT2D eigenvalue weighted by Crippen LogP contribution is -2.11. The lowest BCUT2D eigenvalue weighted by atomic mass is 10.2. The van der Waals surface area contributed by atoms with Gasteiger partial charge in [0.25, 0.3) is 0 Å². The van der Waals surface area contributed by atoms with Crippen LogP contribution in [-0.4, -0.2) is 8.42 Å². The first kappa shape index (κ1) is 13.1. The van der Waals surface area contributed by atoms with Gasteiger partial charge in [0.15, 0.2) is 0 Å². The van der Waals surface area contributed by atoms with E-state index in [9.17, 15) is 8.42 Å². The summed E-state index contributed by atoms with van der Waals surface area (Å²) in [5.41, 5.74) is 0.647. The first-order valence-corrected chi connectivity index (χ1v) is 7.45. The normalized spacial score (nSPS) is 11.2. The number of rotatable bonds is 3. The molecule has 2 aromatic carbocycles. The van der Waals surface area contributed by atoms with Gasteiger partial charge in [0.2, 0.25) is 0 Å². The zero-order valence-corrected chi connectivity index (χ0v) is 12.0. The van der Waals surface area contributed by atoms with E-state index in [1.807, 2.05) is 0 Å². The summed E-state index contributed by atoms with van der Waals surface area (Å²) >= 11 is 3.25. The van der Waals surface area contributed by atoms with Crippen LogP contribution in [0.3, 0.4) is 0 Å². The maximum absolute atomic E-state index is 12.1. The summed E-state index contributed by atoms with van der Waals surface area (Å²) in [5.74, 6) is 0.303. The molecule has 0 aliphatic rings. The number of hydrogen-bond acceptors (Lipinski definition) is 3. The molecule has 0 atom stereocenters. The standard InChI is InChI=1S/C13H11BrO3S/c1-10-7-8-11(14)9-13(10)18(15,16)17-12-5-3-2-4-6-12/h2-9H,1H3. The van der Waals surface area contributed by atoms with E-state index < -0.39 is 10.1 Å². The van der Waals surface area contributed by atoms with Crippen molar-refractivity contribution in [3.63, 3.8) is 0 Å². The van der Waals surface area contributed by atoms with Gasteiger partial charge in [0, 0.05) is 4.47 Å². The molecule has 0 N–H and O–H groups in total. The van der Waals surface area contributed by atoms with Gasteiger partial charge in [-0.2, -0.15) is 8.42 Å². The summed E-state index contributed by atoms with van der Waals surface area (Å²) < 4.78 is 30.0. The highest BCUT2D eigenvalue weighted by Gasteiger charge is 2.19. The quantitative estimate of drug-likeness (QED) is 0.810. The monoisotopic (exact) mass is 326 g/mol. The fourth-order valence-electron chi connectivity index (χ4n) is 1.49. The van der Waals surface area contributed by atoms with E-state index in [-0.39, 0.29) is 4.90 Å². The maximum Gasteiger partial charge on any atom is 0.339 e. The predicted molar refractivity (Wildman–Crippen MR) is 73.1 cm³/mol. The minimum absolute atomic E-state index is 0.167. The number of aryl methyl sites for hydroxylation is 1. The molecule has 0 radical (unpaired) electrons. The minimum Gasteiger partial charge on any atom is -0.379 e. The molecule has 0 aromatic heterocycles. The molecule has 0 bridgehead atoms. The third-order valence-corrected chi connectivity index (χ3v) is 4.25. The Morgan fingerprint density at radius 3 is 2.39 bits per heavy atom. The highest BCUT2D eigenvalue weighted by molar-refractivity contribution is 9.10. The maximum atomic E-state index is 12.1. The second kappa shape index (κ2) is 5.12. The van der Waals surface area contributed by atoms with Gasteiger partial charge in [0.1, 0.15) is 10.6 Å². The van der Waals surface area contributed by atoms with Crippen LogP contribution in [0.2, 0.25) is 0 Å². The fraction of sp³-hybridized carbons (Fsp3) is 0.0769. The van der Waals surface area contributed by atoms with Crippen molar-refractivity contribution in [3.05, 3.63) is 58.6 Å². The Bertz CT molecular complexity index is 651. The molecule has 2 rings (SSSR count). The Balaban J connectivity index is 2.40. The van der Waals surface area contributed by atoms with E-state index >= 15 is 0 Å². The summed E-state index contributed by atoms with van der Waals surface area (Å²) in [6.07, 6.45) is 0. The van der Waals surface area contributed by atoms with Gasteiger partial charge in [-0.1, -0.05) is 40.2 Å². The Morgan fingerprint density at radius 2 is 1.72 bits per heavy atom. The predicted octanol–water partition coefficient (Wildman–Crippen LogP) is 3.53. The van der Waals surface area contributed by atoms with Gasteiger partial charge >= 0.3 is 10.1 Å². The van der Waals surface area contributed by atoms with Crippen LogP contribution < -0.4 is 4.18 Å². The van der Waals surface area contributed by atoms with Gasteiger partial charge in [-0.05, 0) is 36.8 Å². The van der Waals surface area contributed by atoms with Crippen molar-refractivity contribution >= 4 is 26.0 Å². The van der Waals surface area contributed by atoms with Crippen molar-refractivity contribution in [2.45, 2.75) is 11.8 Å². The van der Waals surface area contributed by atoms with E-state index in [1.54, 1.807) is 49.4 Å². The molecule has 3 nitrogen and oxygen atoms in total. The van der Waals surface area contributed by atoms with Crippen molar-refractivity contribution in [2.75, 3.05) is 0 Å². The number of para-hydroxylation sites is 1. The van der Waals surface area contributed by atoms with Crippen molar-refractivity contribution in [3.8, 4) is 5.75 Å². The van der Waals surface area contributed by atoms with Gasteiger partial charge in [-0.15, -0.1) is 0 Å². The molecule has 0 heterocycles. The zero-order chi connectivity index (χ0) is 13.2. The van der Waals surface area contributed by atoms with E-state index in [4.69, 9.17) is 4.18 Å². The molecule has 5 heteroatoms. The van der Waals surface area contributed by atoms with E-state index in [1.165, 1.54) is 6.07 Å². The van der Waals surface area contributed by atoms with Crippen LogP contribution in [0.4, 0.5) is 0 Å². The number of hydrogen-bond donors (Lipinski definition) is 0. The molecule has 2 aromatic rings. The van der Waals surface area contributed by atoms with Crippen LogP contribution >= 0.6 is 15.9 Å². The third kappa shape index (κ3) is 2.91. The Morgan fingerprint density at radius 1 is 1.06 bits per heavy atom. The Hall–Kier alpha value is -1.33. The van der Waals surface area contributed by atoms with Gasteiger partial charge in [-0.3, -0.25) is 0 Å². The number of benzene rings is 2. The van der Waals surface area contributed by atoms with Crippen molar-refractivity contribution in [1.82, 2.24) is 0 Å². The first-order valence-electron chi connectivity index (χ1n) is 5.25. The average Bonchev–Trinajstić information content (AvgIpc) is 2.33. The minimum atomic E-state index is -3.80. The average molecular weight is 327 g/mol. The second-order valence-corrected chi connectivity index (χ2v) is 6.19. The highest BCUT2D eigenvalue weighted by atomic mass is 79.9. The summed E-state index contributed by atoms with van der Waals surface area (Å²) in [4.78, 5) is 0.167. The summed E-state index contributed by atoms with van der Waals surface area (Å²) in [6.45, 7) is 1.73. The summed E-state index contributed by atoms with van der Waals surface area (Å²) in [5, 5.41) is 0. The van der Waals surface area contributed by atoms with E-state index in [0.717, 1.165) is 0 Å². The Kier molecular flexibility index (Phi) is 3.73.